The molecule has 0 aromatic heterocycles. The number of rotatable bonds is 1. The summed E-state index contributed by atoms with van der Waals surface area (Å²) in [5.41, 5.74) is 0.727. The molecule has 2 heterocycles. The minimum Gasteiger partial charge on any atom is -0.373 e. The lowest BCUT2D eigenvalue weighted by Crippen LogP contribution is -2.53. The molecule has 1 aromatic rings. The molecule has 0 radical (unpaired) electrons. The molecule has 0 saturated carbocycles. The summed E-state index contributed by atoms with van der Waals surface area (Å²) in [5, 5.41) is 3.28. The van der Waals surface area contributed by atoms with Crippen LogP contribution in [-0.4, -0.2) is 49.2 Å². The summed E-state index contributed by atoms with van der Waals surface area (Å²) in [5.74, 6) is 0.0875. The van der Waals surface area contributed by atoms with E-state index in [1.165, 1.54) is 0 Å². The summed E-state index contributed by atoms with van der Waals surface area (Å²) in [7, 11) is 0. The number of carbonyl (C=O) groups is 1. The van der Waals surface area contributed by atoms with Crippen molar-refractivity contribution in [2.75, 3.05) is 26.2 Å². The van der Waals surface area contributed by atoms with E-state index in [2.05, 4.69) is 21.2 Å². The average molecular weight is 348 g/mol. The Morgan fingerprint density at radius 3 is 2.95 bits per heavy atom. The van der Waals surface area contributed by atoms with Crippen LogP contribution in [0.25, 0.3) is 0 Å². The summed E-state index contributed by atoms with van der Waals surface area (Å²) in [6.07, 6.45) is 0.144. The molecule has 1 amide bonds. The van der Waals surface area contributed by atoms with Crippen LogP contribution in [0.3, 0.4) is 0 Å². The van der Waals surface area contributed by atoms with Crippen molar-refractivity contribution in [1.29, 1.82) is 0 Å². The number of nitrogens with one attached hydrogen (secondary N) is 1. The molecule has 19 heavy (non-hydrogen) atoms. The molecule has 2 aliphatic rings. The van der Waals surface area contributed by atoms with Gasteiger partial charge in [0, 0.05) is 24.1 Å². The van der Waals surface area contributed by atoms with Crippen LogP contribution in [0.1, 0.15) is 10.4 Å². The van der Waals surface area contributed by atoms with Gasteiger partial charge in [-0.3, -0.25) is 4.79 Å². The molecule has 6 heteroatoms. The lowest BCUT2D eigenvalue weighted by Gasteiger charge is -2.37. The molecule has 1 N–H and O–H groups in total. The van der Waals surface area contributed by atoms with Gasteiger partial charge >= 0.3 is 0 Å². The van der Waals surface area contributed by atoms with Gasteiger partial charge in [-0.15, -0.1) is 12.4 Å². The second kappa shape index (κ2) is 6.22. The molecule has 3 rings (SSSR count). The number of halogens is 2. The summed E-state index contributed by atoms with van der Waals surface area (Å²) >= 11 is 3.44. The van der Waals surface area contributed by atoms with Crippen molar-refractivity contribution in [1.82, 2.24) is 10.2 Å². The summed E-state index contributed by atoms with van der Waals surface area (Å²) in [6, 6.07) is 7.73. The maximum atomic E-state index is 12.6. The zero-order chi connectivity index (χ0) is 12.5. The Kier molecular flexibility index (Phi) is 4.84. The van der Waals surface area contributed by atoms with Gasteiger partial charge in [0.2, 0.25) is 0 Å². The highest BCUT2D eigenvalue weighted by atomic mass is 79.9. The zero-order valence-corrected chi connectivity index (χ0v) is 12.7. The maximum Gasteiger partial charge on any atom is 0.255 e. The predicted molar refractivity (Wildman–Crippen MR) is 78.8 cm³/mol. The first-order chi connectivity index (χ1) is 8.77. The van der Waals surface area contributed by atoms with Crippen LogP contribution in [0.15, 0.2) is 28.7 Å². The van der Waals surface area contributed by atoms with E-state index < -0.39 is 0 Å². The monoisotopic (exact) mass is 346 g/mol. The van der Waals surface area contributed by atoms with E-state index in [0.717, 1.165) is 23.1 Å². The highest BCUT2D eigenvalue weighted by Crippen LogP contribution is 2.23. The van der Waals surface area contributed by atoms with E-state index >= 15 is 0 Å². The second-order valence-electron chi connectivity index (χ2n) is 4.61. The first kappa shape index (κ1) is 14.8. The molecule has 2 saturated heterocycles. The van der Waals surface area contributed by atoms with Crippen LogP contribution in [0.4, 0.5) is 0 Å². The van der Waals surface area contributed by atoms with Crippen molar-refractivity contribution in [2.24, 2.45) is 0 Å². The van der Waals surface area contributed by atoms with Gasteiger partial charge in [0.1, 0.15) is 0 Å². The van der Waals surface area contributed by atoms with Crippen molar-refractivity contribution in [3.05, 3.63) is 34.3 Å². The first-order valence-electron chi connectivity index (χ1n) is 6.15. The van der Waals surface area contributed by atoms with Gasteiger partial charge < -0.3 is 15.0 Å². The van der Waals surface area contributed by atoms with E-state index in [9.17, 15) is 4.79 Å². The molecular weight excluding hydrogens is 332 g/mol. The van der Waals surface area contributed by atoms with E-state index in [0.29, 0.717) is 13.2 Å². The van der Waals surface area contributed by atoms with Crippen molar-refractivity contribution in [3.63, 3.8) is 0 Å². The smallest absolute Gasteiger partial charge is 0.255 e. The minimum atomic E-state index is 0. The van der Waals surface area contributed by atoms with Crippen molar-refractivity contribution >= 4 is 34.2 Å². The van der Waals surface area contributed by atoms with E-state index in [4.69, 9.17) is 4.74 Å². The summed E-state index contributed by atoms with van der Waals surface area (Å²) in [6.45, 7) is 2.95. The van der Waals surface area contributed by atoms with Gasteiger partial charge in [0.15, 0.2) is 0 Å². The number of amides is 1. The van der Waals surface area contributed by atoms with Gasteiger partial charge in [-0.2, -0.15) is 0 Å². The molecule has 2 fully saturated rings. The van der Waals surface area contributed by atoms with Crippen LogP contribution in [0, 0.1) is 0 Å². The lowest BCUT2D eigenvalue weighted by atomic mass is 10.1. The quantitative estimate of drug-likeness (QED) is 0.840. The number of ether oxygens (including phenoxy) is 1. The van der Waals surface area contributed by atoms with Gasteiger partial charge in [-0.1, -0.05) is 12.1 Å². The SMILES string of the molecule is Cl.O=C(c1ccccc1Br)N1CCO[C@H]2CNC[C@H]21. The molecule has 0 unspecified atom stereocenters. The molecule has 2 atom stereocenters. The molecule has 104 valence electrons. The number of hydrogen-bond donors (Lipinski definition) is 1. The minimum absolute atomic E-state index is 0. The standard InChI is InChI=1S/C13H15BrN2O2.ClH/c14-10-4-2-1-3-9(10)13(17)16-5-6-18-12-8-15-7-11(12)16;/h1-4,11-12,15H,5-8H2;1H/t11-,12+;/m1./s1. The summed E-state index contributed by atoms with van der Waals surface area (Å²) in [4.78, 5) is 14.5. The Hall–Kier alpha value is -0.620. The van der Waals surface area contributed by atoms with Gasteiger partial charge in [0.05, 0.1) is 24.3 Å². The zero-order valence-electron chi connectivity index (χ0n) is 10.3. The average Bonchev–Trinajstić information content (AvgIpc) is 2.86. The normalized spacial score (nSPS) is 25.6. The summed E-state index contributed by atoms with van der Waals surface area (Å²) < 4.78 is 6.53. The Balaban J connectivity index is 0.00000133. The van der Waals surface area contributed by atoms with E-state index in [-0.39, 0.29) is 30.5 Å². The third kappa shape index (κ3) is 2.79. The van der Waals surface area contributed by atoms with Crippen LogP contribution < -0.4 is 5.32 Å². The number of nitrogens with zero attached hydrogens (tertiary/aromatic N) is 1. The lowest BCUT2D eigenvalue weighted by molar-refractivity contribution is -0.0365. The Labute approximate surface area is 127 Å². The number of morpholine rings is 1. The molecule has 0 aliphatic carbocycles. The third-order valence-corrected chi connectivity index (χ3v) is 4.25. The number of benzene rings is 1. The Morgan fingerprint density at radius 2 is 2.16 bits per heavy atom. The van der Waals surface area contributed by atoms with E-state index in [1.807, 2.05) is 29.2 Å². The number of fused-ring (bicyclic) bond motifs is 1. The molecule has 4 nitrogen and oxygen atoms in total. The predicted octanol–water partition coefficient (Wildman–Crippen LogP) is 1.68. The molecular formula is C13H16BrClN2O2. The first-order valence-corrected chi connectivity index (χ1v) is 6.94. The van der Waals surface area contributed by atoms with E-state index in [1.54, 1.807) is 0 Å². The molecule has 1 aromatic carbocycles. The van der Waals surface area contributed by atoms with Crippen LogP contribution >= 0.6 is 28.3 Å². The van der Waals surface area contributed by atoms with Crippen molar-refractivity contribution in [3.8, 4) is 0 Å². The van der Waals surface area contributed by atoms with Gasteiger partial charge in [-0.25, -0.2) is 0 Å². The highest BCUT2D eigenvalue weighted by Gasteiger charge is 2.38. The topological polar surface area (TPSA) is 41.6 Å². The number of hydrogen-bond acceptors (Lipinski definition) is 3. The fraction of sp³-hybridized carbons (Fsp3) is 0.462. The van der Waals surface area contributed by atoms with Crippen LogP contribution in [0.2, 0.25) is 0 Å². The Morgan fingerprint density at radius 1 is 1.37 bits per heavy atom. The maximum absolute atomic E-state index is 12.6. The van der Waals surface area contributed by atoms with Gasteiger partial charge in [0.25, 0.3) is 5.91 Å². The number of carbonyl (C=O) groups excluding carboxylic acids is 1. The van der Waals surface area contributed by atoms with Crippen molar-refractivity contribution < 1.29 is 9.53 Å². The van der Waals surface area contributed by atoms with Crippen LogP contribution in [0.5, 0.6) is 0 Å². The van der Waals surface area contributed by atoms with Gasteiger partial charge in [-0.05, 0) is 28.1 Å². The molecule has 0 bridgehead atoms. The highest BCUT2D eigenvalue weighted by molar-refractivity contribution is 9.10. The molecule has 0 spiro atoms. The Bertz CT molecular complexity index is 472. The second-order valence-corrected chi connectivity index (χ2v) is 5.47. The largest absolute Gasteiger partial charge is 0.373 e. The fourth-order valence-corrected chi connectivity index (χ4v) is 3.09. The molecule has 2 aliphatic heterocycles. The van der Waals surface area contributed by atoms with Crippen molar-refractivity contribution in [2.45, 2.75) is 12.1 Å². The fourth-order valence-electron chi connectivity index (χ4n) is 2.63. The van der Waals surface area contributed by atoms with Crippen LogP contribution in [-0.2, 0) is 4.74 Å². The third-order valence-electron chi connectivity index (χ3n) is 3.56.